The van der Waals surface area contributed by atoms with Gasteiger partial charge in [-0.15, -0.1) is 0 Å². The molecule has 0 atom stereocenters. The summed E-state index contributed by atoms with van der Waals surface area (Å²) in [6.45, 7) is 8.89. The van der Waals surface area contributed by atoms with Gasteiger partial charge in [0.25, 0.3) is 0 Å². The SMILES string of the molecule is CCC(CC)C(=O)OCCC(C)C. The van der Waals surface area contributed by atoms with E-state index in [-0.39, 0.29) is 11.9 Å². The molecule has 0 saturated heterocycles. The molecule has 0 unspecified atom stereocenters. The van der Waals surface area contributed by atoms with E-state index in [0.717, 1.165) is 19.3 Å². The predicted molar refractivity (Wildman–Crippen MR) is 54.5 cm³/mol. The van der Waals surface area contributed by atoms with Crippen LogP contribution in [0.4, 0.5) is 0 Å². The minimum Gasteiger partial charge on any atom is -0.465 e. The van der Waals surface area contributed by atoms with Crippen molar-refractivity contribution >= 4 is 5.97 Å². The smallest absolute Gasteiger partial charge is 0.308 e. The largest absolute Gasteiger partial charge is 0.465 e. The van der Waals surface area contributed by atoms with Crippen LogP contribution in [0.3, 0.4) is 0 Å². The Morgan fingerprint density at radius 3 is 2.15 bits per heavy atom. The van der Waals surface area contributed by atoms with E-state index < -0.39 is 0 Å². The summed E-state index contributed by atoms with van der Waals surface area (Å²) in [4.78, 5) is 11.4. The minimum absolute atomic E-state index is 0.0225. The van der Waals surface area contributed by atoms with Crippen molar-refractivity contribution in [3.63, 3.8) is 0 Å². The number of hydrogen-bond acceptors (Lipinski definition) is 2. The van der Waals surface area contributed by atoms with Gasteiger partial charge in [-0.05, 0) is 25.2 Å². The normalized spacial score (nSPS) is 10.9. The molecule has 0 aromatic carbocycles. The first-order valence-electron chi connectivity index (χ1n) is 5.28. The highest BCUT2D eigenvalue weighted by Gasteiger charge is 2.15. The second kappa shape index (κ2) is 6.93. The van der Waals surface area contributed by atoms with Crippen molar-refractivity contribution < 1.29 is 9.53 Å². The minimum atomic E-state index is -0.0225. The maximum atomic E-state index is 11.4. The lowest BCUT2D eigenvalue weighted by Crippen LogP contribution is -2.17. The van der Waals surface area contributed by atoms with Crippen molar-refractivity contribution in [2.45, 2.75) is 47.0 Å². The van der Waals surface area contributed by atoms with E-state index in [2.05, 4.69) is 13.8 Å². The summed E-state index contributed by atoms with van der Waals surface area (Å²) >= 11 is 0. The van der Waals surface area contributed by atoms with Gasteiger partial charge in [-0.1, -0.05) is 27.7 Å². The molecule has 0 aromatic rings. The van der Waals surface area contributed by atoms with Crippen LogP contribution in [0.2, 0.25) is 0 Å². The molecule has 0 spiro atoms. The first-order chi connectivity index (χ1) is 6.11. The van der Waals surface area contributed by atoms with Crippen molar-refractivity contribution in [2.24, 2.45) is 11.8 Å². The molecule has 0 aliphatic carbocycles. The third kappa shape index (κ3) is 5.67. The van der Waals surface area contributed by atoms with Gasteiger partial charge in [0.15, 0.2) is 0 Å². The highest BCUT2D eigenvalue weighted by molar-refractivity contribution is 5.72. The van der Waals surface area contributed by atoms with Gasteiger partial charge in [0, 0.05) is 0 Å². The van der Waals surface area contributed by atoms with E-state index in [1.165, 1.54) is 0 Å². The number of ether oxygens (including phenoxy) is 1. The van der Waals surface area contributed by atoms with E-state index >= 15 is 0 Å². The van der Waals surface area contributed by atoms with Crippen LogP contribution in [-0.2, 0) is 9.53 Å². The van der Waals surface area contributed by atoms with Gasteiger partial charge in [-0.3, -0.25) is 4.79 Å². The Kier molecular flexibility index (Phi) is 6.65. The molecule has 2 nitrogen and oxygen atoms in total. The van der Waals surface area contributed by atoms with Crippen LogP contribution in [0.15, 0.2) is 0 Å². The van der Waals surface area contributed by atoms with E-state index in [9.17, 15) is 4.79 Å². The van der Waals surface area contributed by atoms with Crippen LogP contribution in [0.25, 0.3) is 0 Å². The molecule has 78 valence electrons. The molecular weight excluding hydrogens is 164 g/mol. The Morgan fingerprint density at radius 2 is 1.77 bits per heavy atom. The summed E-state index contributed by atoms with van der Waals surface area (Å²) in [7, 11) is 0. The molecule has 2 heteroatoms. The average Bonchev–Trinajstić information content (AvgIpc) is 2.05. The zero-order valence-electron chi connectivity index (χ0n) is 9.30. The van der Waals surface area contributed by atoms with Gasteiger partial charge in [0.1, 0.15) is 0 Å². The maximum Gasteiger partial charge on any atom is 0.308 e. The molecule has 0 radical (unpaired) electrons. The van der Waals surface area contributed by atoms with Gasteiger partial charge in [-0.2, -0.15) is 0 Å². The summed E-state index contributed by atoms with van der Waals surface area (Å²) in [5.74, 6) is 0.687. The molecular formula is C11H22O2. The van der Waals surface area contributed by atoms with E-state index in [1.807, 2.05) is 13.8 Å². The number of rotatable bonds is 6. The zero-order valence-corrected chi connectivity index (χ0v) is 9.30. The molecule has 13 heavy (non-hydrogen) atoms. The Hall–Kier alpha value is -0.530. The number of esters is 1. The van der Waals surface area contributed by atoms with Crippen molar-refractivity contribution in [3.8, 4) is 0 Å². The van der Waals surface area contributed by atoms with Gasteiger partial charge >= 0.3 is 5.97 Å². The average molecular weight is 186 g/mol. The fraction of sp³-hybridized carbons (Fsp3) is 0.909. The summed E-state index contributed by atoms with van der Waals surface area (Å²) in [5, 5.41) is 0. The molecule has 0 bridgehead atoms. The third-order valence-electron chi connectivity index (χ3n) is 2.26. The molecule has 0 aromatic heterocycles. The molecule has 0 aliphatic rings. The number of carbonyl (C=O) groups excluding carboxylic acids is 1. The second-order valence-electron chi connectivity index (χ2n) is 3.86. The second-order valence-corrected chi connectivity index (χ2v) is 3.86. The van der Waals surface area contributed by atoms with Crippen molar-refractivity contribution in [2.75, 3.05) is 6.61 Å². The van der Waals surface area contributed by atoms with Crippen LogP contribution >= 0.6 is 0 Å². The highest BCUT2D eigenvalue weighted by atomic mass is 16.5. The Morgan fingerprint density at radius 1 is 1.23 bits per heavy atom. The molecule has 0 fully saturated rings. The maximum absolute atomic E-state index is 11.4. The molecule has 0 aliphatic heterocycles. The number of carbonyl (C=O) groups is 1. The number of hydrogen-bond donors (Lipinski definition) is 0. The Bertz CT molecular complexity index is 137. The summed E-state index contributed by atoms with van der Waals surface area (Å²) in [6, 6.07) is 0. The van der Waals surface area contributed by atoms with Crippen LogP contribution in [0, 0.1) is 11.8 Å². The Balaban J connectivity index is 3.60. The van der Waals surface area contributed by atoms with Gasteiger partial charge in [-0.25, -0.2) is 0 Å². The summed E-state index contributed by atoms with van der Waals surface area (Å²) < 4.78 is 5.16. The molecule has 0 amide bonds. The molecule has 0 saturated carbocycles. The van der Waals surface area contributed by atoms with Crippen LogP contribution in [-0.4, -0.2) is 12.6 Å². The highest BCUT2D eigenvalue weighted by Crippen LogP contribution is 2.10. The van der Waals surface area contributed by atoms with Crippen LogP contribution < -0.4 is 0 Å². The first kappa shape index (κ1) is 12.5. The van der Waals surface area contributed by atoms with E-state index in [0.29, 0.717) is 12.5 Å². The zero-order chi connectivity index (χ0) is 10.3. The first-order valence-corrected chi connectivity index (χ1v) is 5.28. The Labute approximate surface area is 81.7 Å². The molecule has 0 rings (SSSR count). The van der Waals surface area contributed by atoms with E-state index in [1.54, 1.807) is 0 Å². The van der Waals surface area contributed by atoms with Gasteiger partial charge in [0.05, 0.1) is 12.5 Å². The van der Waals surface area contributed by atoms with Gasteiger partial charge in [0.2, 0.25) is 0 Å². The van der Waals surface area contributed by atoms with Crippen molar-refractivity contribution in [1.29, 1.82) is 0 Å². The molecule has 0 heterocycles. The lowest BCUT2D eigenvalue weighted by atomic mass is 10.0. The molecule has 0 N–H and O–H groups in total. The van der Waals surface area contributed by atoms with Crippen LogP contribution in [0.5, 0.6) is 0 Å². The van der Waals surface area contributed by atoms with E-state index in [4.69, 9.17) is 4.74 Å². The fourth-order valence-corrected chi connectivity index (χ4v) is 1.14. The monoisotopic (exact) mass is 186 g/mol. The standard InChI is InChI=1S/C11H22O2/c1-5-10(6-2)11(12)13-8-7-9(3)4/h9-10H,5-8H2,1-4H3. The summed E-state index contributed by atoms with van der Waals surface area (Å²) in [5.41, 5.74) is 0. The van der Waals surface area contributed by atoms with Crippen molar-refractivity contribution in [1.82, 2.24) is 0 Å². The quantitative estimate of drug-likeness (QED) is 0.596. The third-order valence-corrected chi connectivity index (χ3v) is 2.26. The van der Waals surface area contributed by atoms with Gasteiger partial charge < -0.3 is 4.74 Å². The summed E-state index contributed by atoms with van der Waals surface area (Å²) in [6.07, 6.45) is 2.74. The lowest BCUT2D eigenvalue weighted by molar-refractivity contribution is -0.149. The topological polar surface area (TPSA) is 26.3 Å². The van der Waals surface area contributed by atoms with Crippen LogP contribution in [0.1, 0.15) is 47.0 Å². The fourth-order valence-electron chi connectivity index (χ4n) is 1.14. The lowest BCUT2D eigenvalue weighted by Gasteiger charge is -2.12. The predicted octanol–water partition coefficient (Wildman–Crippen LogP) is 3.01. The van der Waals surface area contributed by atoms with Crippen molar-refractivity contribution in [3.05, 3.63) is 0 Å².